The summed E-state index contributed by atoms with van der Waals surface area (Å²) < 4.78 is 3.93. The molecule has 13 nitrogen and oxygen atoms in total. The SMILES string of the molecule is O=C([NH][Zn][c]1cccc2c3nc4nc(nc5[nH]c(nc6nc(nc([nH]3)c12)-c1ccccc1-6)c1ccccc51)-c1ccccc1-4)c1cc(O)c(O)c(O)c1. The molecular weight excluding hydrogens is 724 g/mol. The number of hydrogen-bond acceptors (Lipinski definition) is 10. The number of aromatic nitrogens is 8. The van der Waals surface area contributed by atoms with Crippen molar-refractivity contribution in [3.63, 3.8) is 0 Å². The molecule has 0 radical (unpaired) electrons. The van der Waals surface area contributed by atoms with Gasteiger partial charge in [-0.15, -0.1) is 0 Å². The number of nitrogens with zero attached hydrogens (tertiary/aromatic N) is 6. The molecule has 2 aliphatic rings. The van der Waals surface area contributed by atoms with Crippen LogP contribution < -0.4 is 8.22 Å². The molecule has 5 aromatic carbocycles. The number of amides is 1. The topological polar surface area (TPSA) is 199 Å². The third-order valence-electron chi connectivity index (χ3n) is 9.44. The van der Waals surface area contributed by atoms with Gasteiger partial charge in [-0.1, -0.05) is 6.07 Å². The van der Waals surface area contributed by atoms with Crippen LogP contribution >= 0.6 is 0 Å². The van der Waals surface area contributed by atoms with Crippen molar-refractivity contribution in [2.75, 3.05) is 0 Å². The third kappa shape index (κ3) is 4.99. The fourth-order valence-corrected chi connectivity index (χ4v) is 9.74. The van der Waals surface area contributed by atoms with E-state index in [1.807, 2.05) is 91.0 Å². The van der Waals surface area contributed by atoms with Crippen molar-refractivity contribution in [1.29, 1.82) is 0 Å². The standard InChI is InChI=1S/C32H17N8.C7H7NO4.Zn/c1-2-10-18-17(9-1)25-33-26(18)38-28-21-13-5-6-14-22(21)30(35-28)40-32-24-16-8-7-15-23(24)31(36-32)39-29-20-12-4-3-11-19(20)27(34-29)37-25;8-7(12)3-1-4(9)6(11)5(10)2-3;/h1-15H,(H2,33,34,35,36,37,38,39,40);1-2H,(H5,8,9,10,11,12);/q;;+1/p-1. The molecule has 8 aromatic rings. The van der Waals surface area contributed by atoms with E-state index in [1.165, 1.54) is 0 Å². The molecule has 0 atom stereocenters. The minimum atomic E-state index is -2.12. The molecule has 53 heavy (non-hydrogen) atoms. The summed E-state index contributed by atoms with van der Waals surface area (Å²) in [6.07, 6.45) is 0. The molecule has 0 fully saturated rings. The van der Waals surface area contributed by atoms with E-state index >= 15 is 0 Å². The molecule has 8 bridgehead atoms. The molecule has 0 saturated heterocycles. The van der Waals surface area contributed by atoms with Crippen LogP contribution in [0.15, 0.2) is 103 Å². The predicted molar refractivity (Wildman–Crippen MR) is 195 cm³/mol. The van der Waals surface area contributed by atoms with Gasteiger partial charge in [-0.05, 0) is 0 Å². The van der Waals surface area contributed by atoms with Crippen molar-refractivity contribution >= 4 is 54.2 Å². The van der Waals surface area contributed by atoms with Gasteiger partial charge < -0.3 is 0 Å². The number of benzene rings is 5. The number of phenols is 3. The molecule has 5 heterocycles. The molecule has 0 spiro atoms. The molecule has 2 aliphatic heterocycles. The van der Waals surface area contributed by atoms with Crippen molar-refractivity contribution in [3.8, 4) is 62.8 Å². The fraction of sp³-hybridized carbons (Fsp3) is 0. The van der Waals surface area contributed by atoms with E-state index in [-0.39, 0.29) is 5.56 Å². The predicted octanol–water partition coefficient (Wildman–Crippen LogP) is 6.04. The van der Waals surface area contributed by atoms with Crippen molar-refractivity contribution in [1.82, 2.24) is 43.9 Å². The van der Waals surface area contributed by atoms with Crippen molar-refractivity contribution in [3.05, 3.63) is 109 Å². The molecule has 0 unspecified atom stereocenters. The van der Waals surface area contributed by atoms with Gasteiger partial charge in [0.1, 0.15) is 0 Å². The van der Waals surface area contributed by atoms with E-state index in [1.54, 1.807) is 0 Å². The molecule has 14 heteroatoms. The Morgan fingerprint density at radius 1 is 0.528 bits per heavy atom. The van der Waals surface area contributed by atoms with E-state index in [0.717, 1.165) is 60.1 Å². The van der Waals surface area contributed by atoms with Gasteiger partial charge in [0.25, 0.3) is 0 Å². The van der Waals surface area contributed by atoms with Crippen LogP contribution in [0, 0.1) is 0 Å². The monoisotopic (exact) mass is 745 g/mol. The second-order valence-electron chi connectivity index (χ2n) is 12.6. The van der Waals surface area contributed by atoms with Crippen molar-refractivity contribution in [2.45, 2.75) is 0 Å². The Kier molecular flexibility index (Phi) is 6.82. The second-order valence-corrected chi connectivity index (χ2v) is 15.7. The molecule has 250 valence electrons. The number of aromatic amines is 2. The first-order valence-corrected chi connectivity index (χ1v) is 19.6. The number of aromatic hydroxyl groups is 3. The number of carbonyl (C=O) groups excluding carboxylic acids is 1. The zero-order valence-electron chi connectivity index (χ0n) is 27.5. The summed E-state index contributed by atoms with van der Waals surface area (Å²) in [7, 11) is 0. The first-order valence-electron chi connectivity index (χ1n) is 16.6. The number of rotatable bonds is 3. The van der Waals surface area contributed by atoms with Crippen LogP contribution in [0.1, 0.15) is 10.4 Å². The Morgan fingerprint density at radius 2 is 0.962 bits per heavy atom. The summed E-state index contributed by atoms with van der Waals surface area (Å²) in [5.74, 6) is -0.412. The molecule has 6 N–H and O–H groups in total. The minimum absolute atomic E-state index is 0.0172. The quantitative estimate of drug-likeness (QED) is 0.0916. The summed E-state index contributed by atoms with van der Waals surface area (Å²) in [4.78, 5) is 50.3. The van der Waals surface area contributed by atoms with Crippen LogP contribution in [0.5, 0.6) is 17.2 Å². The van der Waals surface area contributed by atoms with Gasteiger partial charge in [0.2, 0.25) is 0 Å². The Balaban J connectivity index is 1.25. The average Bonchev–Trinajstić information content (AvgIpc) is 3.91. The van der Waals surface area contributed by atoms with Crippen LogP contribution in [0.4, 0.5) is 0 Å². The number of phenolic OH excluding ortho intramolecular Hbond substituents is 3. The van der Waals surface area contributed by atoms with Gasteiger partial charge in [0.15, 0.2) is 0 Å². The molecule has 1 amide bonds. The number of carbonyl (C=O) groups is 1. The molecular formula is C39H23N9O4Zn. The fourth-order valence-electron chi connectivity index (χ4n) is 6.92. The summed E-state index contributed by atoms with van der Waals surface area (Å²) in [6, 6.07) is 31.6. The Bertz CT molecular complexity index is 3020. The Morgan fingerprint density at radius 3 is 1.49 bits per heavy atom. The van der Waals surface area contributed by atoms with E-state index in [2.05, 4.69) is 14.0 Å². The zero-order chi connectivity index (χ0) is 35.8. The van der Waals surface area contributed by atoms with Gasteiger partial charge in [-0.3, -0.25) is 0 Å². The first kappa shape index (κ1) is 30.8. The van der Waals surface area contributed by atoms with E-state index < -0.39 is 40.5 Å². The summed E-state index contributed by atoms with van der Waals surface area (Å²) >= 11 is -2.12. The molecule has 0 saturated carbocycles. The van der Waals surface area contributed by atoms with E-state index in [0.29, 0.717) is 45.9 Å². The molecule has 0 aliphatic carbocycles. The molecule has 10 rings (SSSR count). The Labute approximate surface area is 306 Å². The first-order chi connectivity index (χ1) is 25.9. The van der Waals surface area contributed by atoms with Crippen LogP contribution in [0.25, 0.3) is 89.7 Å². The maximum atomic E-state index is 13.2. The summed E-state index contributed by atoms with van der Waals surface area (Å²) in [6.45, 7) is 0. The van der Waals surface area contributed by atoms with Crippen molar-refractivity contribution < 1.29 is 37.5 Å². The maximum absolute atomic E-state index is 13.2. The van der Waals surface area contributed by atoms with Gasteiger partial charge in [0.05, 0.1) is 0 Å². The third-order valence-corrected chi connectivity index (χ3v) is 12.5. The van der Waals surface area contributed by atoms with Gasteiger partial charge >= 0.3 is 301 Å². The van der Waals surface area contributed by atoms with Crippen LogP contribution in [-0.2, 0) is 17.4 Å². The van der Waals surface area contributed by atoms with Crippen molar-refractivity contribution in [2.24, 2.45) is 0 Å². The Hall–Kier alpha value is -7.05. The second kappa shape index (κ2) is 11.8. The van der Waals surface area contributed by atoms with Gasteiger partial charge in [-0.2, -0.15) is 0 Å². The number of hydrogen-bond donors (Lipinski definition) is 6. The van der Waals surface area contributed by atoms with Crippen LogP contribution in [0.3, 0.4) is 0 Å². The van der Waals surface area contributed by atoms with Gasteiger partial charge in [-0.25, -0.2) is 0 Å². The molecule has 3 aromatic heterocycles. The van der Waals surface area contributed by atoms with Crippen LogP contribution in [0.2, 0.25) is 0 Å². The average molecular weight is 747 g/mol. The van der Waals surface area contributed by atoms with E-state index in [9.17, 15) is 20.1 Å². The number of nitrogens with one attached hydrogen (secondary N) is 3. The normalized spacial score (nSPS) is 11.6. The number of H-pyrrole nitrogens is 2. The van der Waals surface area contributed by atoms with E-state index in [4.69, 9.17) is 29.9 Å². The zero-order valence-corrected chi connectivity index (χ0v) is 30.4. The summed E-state index contributed by atoms with van der Waals surface area (Å²) in [5.41, 5.74) is 5.57. The van der Waals surface area contributed by atoms with Crippen LogP contribution in [-0.4, -0.2) is 61.1 Å². The summed E-state index contributed by atoms with van der Waals surface area (Å²) in [5, 5.41) is 33.1. The van der Waals surface area contributed by atoms with Gasteiger partial charge in [0, 0.05) is 0 Å². The number of fused-ring (bicyclic) bond motifs is 20.